The maximum Gasteiger partial charge on any atom is 0.349 e. The second-order valence-electron chi connectivity index (χ2n) is 8.12. The number of aliphatic carboxylic acids is 1. The molecule has 2 unspecified atom stereocenters. The number of hydrogen-bond donors (Lipinski definition) is 3. The molecule has 1 aliphatic rings. The fourth-order valence-electron chi connectivity index (χ4n) is 4.72. The number of fused-ring (bicyclic) bond motifs is 1. The van der Waals surface area contributed by atoms with Crippen molar-refractivity contribution in [1.29, 1.82) is 0 Å². The van der Waals surface area contributed by atoms with Gasteiger partial charge in [0.1, 0.15) is 5.82 Å². The van der Waals surface area contributed by atoms with Crippen molar-refractivity contribution in [2.75, 3.05) is 37.1 Å². The largest absolute Gasteiger partial charge is 0.479 e. The molecular weight excluding hydrogens is 450 g/mol. The lowest BCUT2D eigenvalue weighted by Gasteiger charge is -2.46. The summed E-state index contributed by atoms with van der Waals surface area (Å²) in [6, 6.07) is 13.2. The van der Waals surface area contributed by atoms with E-state index in [4.69, 9.17) is 20.9 Å². The molecule has 3 aromatic rings. The van der Waals surface area contributed by atoms with Gasteiger partial charge in [-0.25, -0.2) is 9.78 Å². The Morgan fingerprint density at radius 2 is 1.89 bits per heavy atom. The Morgan fingerprint density at radius 3 is 2.46 bits per heavy atom. The van der Waals surface area contributed by atoms with Crippen LogP contribution in [0.1, 0.15) is 28.4 Å². The molecular formula is C25H27N5O5. The van der Waals surface area contributed by atoms with E-state index in [-0.39, 0.29) is 23.8 Å². The molecule has 0 amide bonds. The predicted octanol–water partition coefficient (Wildman–Crippen LogP) is 2.36. The number of anilines is 3. The number of aromatic nitrogens is 2. The van der Waals surface area contributed by atoms with Crippen LogP contribution < -0.4 is 16.4 Å². The van der Waals surface area contributed by atoms with Crippen molar-refractivity contribution in [3.8, 4) is 11.1 Å². The molecule has 0 bridgehead atoms. The first-order valence-corrected chi connectivity index (χ1v) is 11.0. The fraction of sp³-hybridized carbons (Fsp3) is 0.280. The molecule has 1 aliphatic heterocycles. The third-order valence-corrected chi connectivity index (χ3v) is 6.37. The number of likely N-dealkylation sites (N-methyl/N-ethyl adjacent to an activating group) is 1. The number of carboxylic acids is 1. The second-order valence-corrected chi connectivity index (χ2v) is 8.12. The molecule has 0 saturated carbocycles. The van der Waals surface area contributed by atoms with E-state index in [9.17, 15) is 14.7 Å². The van der Waals surface area contributed by atoms with Crippen LogP contribution in [0.25, 0.3) is 11.1 Å². The highest BCUT2D eigenvalue weighted by molar-refractivity contribution is 6.21. The molecule has 10 nitrogen and oxygen atoms in total. The number of methoxy groups -OCH3 is 2. The summed E-state index contributed by atoms with van der Waals surface area (Å²) in [6.45, 7) is 2.22. The van der Waals surface area contributed by atoms with Crippen LogP contribution in [0.5, 0.6) is 0 Å². The van der Waals surface area contributed by atoms with Crippen LogP contribution >= 0.6 is 0 Å². The number of carbonyl (C=O) groups excluding carboxylic acids is 1. The molecule has 10 heteroatoms. The summed E-state index contributed by atoms with van der Waals surface area (Å²) in [5, 5.41) is 10.2. The highest BCUT2D eigenvalue weighted by Gasteiger charge is 2.60. The van der Waals surface area contributed by atoms with Crippen LogP contribution in [0.4, 0.5) is 17.5 Å². The lowest BCUT2D eigenvalue weighted by Crippen LogP contribution is -2.67. The molecule has 182 valence electrons. The van der Waals surface area contributed by atoms with E-state index in [0.717, 1.165) is 11.1 Å². The molecule has 0 radical (unpaired) electrons. The number of carbonyl (C=O) groups is 2. The number of Topliss-reactive ketones (excluding diaryl/α,β-unsaturated/α-hetero) is 1. The standard InChI is InChI=1S/C25H27N5O5/c1-4-30-18-11-10-16(14-8-6-5-7-9-14)17(12-15-13-28-24(27)29-21(15)26)19(18)20(31)25(35-3,23(32)33)22(30)34-2/h5-11,13,22H,4,12H2,1-3H3,(H,32,33)(H4,26,27,28,29). The van der Waals surface area contributed by atoms with Gasteiger partial charge in [-0.05, 0) is 29.7 Å². The van der Waals surface area contributed by atoms with Crippen LogP contribution in [0.2, 0.25) is 0 Å². The predicted molar refractivity (Wildman–Crippen MR) is 131 cm³/mol. The van der Waals surface area contributed by atoms with Gasteiger partial charge in [0.25, 0.3) is 5.60 Å². The Labute approximate surface area is 202 Å². The number of rotatable bonds is 7. The minimum atomic E-state index is -2.27. The fourth-order valence-corrected chi connectivity index (χ4v) is 4.72. The molecule has 0 fully saturated rings. The Morgan fingerprint density at radius 1 is 1.17 bits per heavy atom. The quantitative estimate of drug-likeness (QED) is 0.432. The van der Waals surface area contributed by atoms with E-state index >= 15 is 0 Å². The number of carboxylic acid groups (broad SMARTS) is 1. The molecule has 4 rings (SSSR count). The summed E-state index contributed by atoms with van der Waals surface area (Å²) in [4.78, 5) is 36.5. The highest BCUT2D eigenvalue weighted by atomic mass is 16.6. The molecule has 5 N–H and O–H groups in total. The van der Waals surface area contributed by atoms with Crippen molar-refractivity contribution in [2.45, 2.75) is 25.2 Å². The van der Waals surface area contributed by atoms with Gasteiger partial charge < -0.3 is 30.9 Å². The average Bonchev–Trinajstić information content (AvgIpc) is 2.85. The van der Waals surface area contributed by atoms with Crippen LogP contribution in [0.3, 0.4) is 0 Å². The topological polar surface area (TPSA) is 154 Å². The third-order valence-electron chi connectivity index (χ3n) is 6.37. The van der Waals surface area contributed by atoms with Crippen molar-refractivity contribution in [2.24, 2.45) is 0 Å². The first-order valence-electron chi connectivity index (χ1n) is 11.0. The smallest absolute Gasteiger partial charge is 0.349 e. The number of nitrogens with two attached hydrogens (primary N) is 2. The molecule has 0 aliphatic carbocycles. The number of ether oxygens (including phenoxy) is 2. The first kappa shape index (κ1) is 24.1. The number of nitrogen functional groups attached to an aromatic ring is 2. The van der Waals surface area contributed by atoms with Crippen LogP contribution in [0.15, 0.2) is 48.7 Å². The van der Waals surface area contributed by atoms with Crippen molar-refractivity contribution < 1.29 is 24.2 Å². The summed E-state index contributed by atoms with van der Waals surface area (Å²) in [5.41, 5.74) is 13.0. The maximum absolute atomic E-state index is 14.1. The molecule has 0 spiro atoms. The van der Waals surface area contributed by atoms with E-state index in [1.165, 1.54) is 20.4 Å². The molecule has 2 heterocycles. The van der Waals surface area contributed by atoms with Crippen molar-refractivity contribution in [3.05, 3.63) is 65.4 Å². The number of benzene rings is 2. The van der Waals surface area contributed by atoms with E-state index in [1.807, 2.05) is 43.3 Å². The minimum Gasteiger partial charge on any atom is -0.479 e. The molecule has 0 saturated heterocycles. The number of hydrogen-bond acceptors (Lipinski definition) is 9. The summed E-state index contributed by atoms with van der Waals surface area (Å²) in [6.07, 6.45) is 0.505. The summed E-state index contributed by atoms with van der Waals surface area (Å²) < 4.78 is 11.0. The van der Waals surface area contributed by atoms with Gasteiger partial charge in [0.2, 0.25) is 11.7 Å². The Balaban J connectivity index is 2.06. The zero-order valence-corrected chi connectivity index (χ0v) is 19.7. The number of nitrogens with zero attached hydrogens (tertiary/aromatic N) is 3. The zero-order valence-electron chi connectivity index (χ0n) is 19.7. The molecule has 2 atom stereocenters. The van der Waals surface area contributed by atoms with Gasteiger partial charge >= 0.3 is 5.97 Å². The van der Waals surface area contributed by atoms with E-state index in [2.05, 4.69) is 9.97 Å². The lowest BCUT2D eigenvalue weighted by atomic mass is 9.79. The Hall–Kier alpha value is -4.02. The molecule has 2 aromatic carbocycles. The lowest BCUT2D eigenvalue weighted by molar-refractivity contribution is -0.170. The first-order chi connectivity index (χ1) is 16.8. The monoisotopic (exact) mass is 477 g/mol. The van der Waals surface area contributed by atoms with Gasteiger partial charge in [-0.2, -0.15) is 4.98 Å². The average molecular weight is 478 g/mol. The highest BCUT2D eigenvalue weighted by Crippen LogP contribution is 2.44. The Kier molecular flexibility index (Phi) is 6.42. The van der Waals surface area contributed by atoms with Crippen LogP contribution in [-0.4, -0.2) is 59.4 Å². The second kappa shape index (κ2) is 9.32. The maximum atomic E-state index is 14.1. The van der Waals surface area contributed by atoms with Crippen molar-refractivity contribution >= 4 is 29.2 Å². The van der Waals surface area contributed by atoms with Crippen molar-refractivity contribution in [3.63, 3.8) is 0 Å². The van der Waals surface area contributed by atoms with Crippen molar-refractivity contribution in [1.82, 2.24) is 9.97 Å². The third kappa shape index (κ3) is 3.76. The summed E-state index contributed by atoms with van der Waals surface area (Å²) in [7, 11) is 2.55. The SMILES string of the molecule is CCN1c2ccc(-c3ccccc3)c(Cc3cnc(N)nc3N)c2C(=O)C(OC)(C(=O)O)C1OC. The van der Waals surface area contributed by atoms with Crippen LogP contribution in [-0.2, 0) is 20.7 Å². The van der Waals surface area contributed by atoms with Gasteiger partial charge in [0.15, 0.2) is 6.23 Å². The van der Waals surface area contributed by atoms with Gasteiger partial charge in [0, 0.05) is 44.5 Å². The molecule has 1 aromatic heterocycles. The van der Waals surface area contributed by atoms with Gasteiger partial charge in [-0.3, -0.25) is 4.79 Å². The van der Waals surface area contributed by atoms with Gasteiger partial charge in [0.05, 0.1) is 5.69 Å². The normalized spacial score (nSPS) is 19.5. The van der Waals surface area contributed by atoms with E-state index in [1.54, 1.807) is 11.0 Å². The van der Waals surface area contributed by atoms with Gasteiger partial charge in [-0.15, -0.1) is 0 Å². The summed E-state index contributed by atoms with van der Waals surface area (Å²) >= 11 is 0. The number of ketones is 1. The minimum absolute atomic E-state index is 0.0325. The van der Waals surface area contributed by atoms with Crippen LogP contribution in [0, 0.1) is 0 Å². The van der Waals surface area contributed by atoms with Gasteiger partial charge in [-0.1, -0.05) is 36.4 Å². The Bertz CT molecular complexity index is 1280. The zero-order chi connectivity index (χ0) is 25.3. The molecule has 35 heavy (non-hydrogen) atoms. The summed E-state index contributed by atoms with van der Waals surface area (Å²) in [5.74, 6) is -1.94. The van der Waals surface area contributed by atoms with E-state index < -0.39 is 23.6 Å². The van der Waals surface area contributed by atoms with E-state index in [0.29, 0.717) is 23.4 Å².